The highest BCUT2D eigenvalue weighted by atomic mass is 35.5. The maximum Gasteiger partial charge on any atom is 0.266 e. The van der Waals surface area contributed by atoms with Crippen molar-refractivity contribution in [1.29, 1.82) is 0 Å². The van der Waals surface area contributed by atoms with E-state index >= 15 is 0 Å². The number of nitrogens with zero attached hydrogens (tertiary/aromatic N) is 2. The first kappa shape index (κ1) is 15.8. The molecule has 0 unspecified atom stereocenters. The highest BCUT2D eigenvalue weighted by molar-refractivity contribution is 6.36. The topological polar surface area (TPSA) is 57.7 Å². The van der Waals surface area contributed by atoms with E-state index in [4.69, 9.17) is 11.6 Å². The molecule has 0 aliphatic carbocycles. The van der Waals surface area contributed by atoms with Crippen LogP contribution in [-0.4, -0.2) is 35.2 Å². The van der Waals surface area contributed by atoms with Crippen LogP contribution in [0.2, 0.25) is 5.02 Å². The fraction of sp³-hybridized carbons (Fsp3) is 0.211. The Balaban J connectivity index is 1.89. The molecule has 3 amide bonds. The minimum absolute atomic E-state index is 0.207. The molecule has 0 spiro atoms. The number of hydrogen-bond acceptors (Lipinski definition) is 3. The van der Waals surface area contributed by atoms with E-state index in [-0.39, 0.29) is 22.4 Å². The van der Waals surface area contributed by atoms with Gasteiger partial charge in [0.05, 0.1) is 21.8 Å². The summed E-state index contributed by atoms with van der Waals surface area (Å²) in [4.78, 5) is 41.8. The van der Waals surface area contributed by atoms with Crippen LogP contribution in [-0.2, 0) is 4.79 Å². The summed E-state index contributed by atoms with van der Waals surface area (Å²) < 4.78 is 0. The number of amides is 3. The number of carbonyl (C=O) groups is 3. The second kappa shape index (κ2) is 6.01. The lowest BCUT2D eigenvalue weighted by molar-refractivity contribution is -0.121. The van der Waals surface area contributed by atoms with Gasteiger partial charge in [-0.05, 0) is 37.1 Å². The lowest BCUT2D eigenvalue weighted by Gasteiger charge is -2.24. The monoisotopic (exact) mass is 354 g/mol. The molecule has 0 N–H and O–H groups in total. The summed E-state index contributed by atoms with van der Waals surface area (Å²) in [7, 11) is 0. The summed E-state index contributed by atoms with van der Waals surface area (Å²) in [5.74, 6) is -1.09. The fourth-order valence-corrected chi connectivity index (χ4v) is 3.72. The molecule has 6 heteroatoms. The van der Waals surface area contributed by atoms with E-state index in [0.29, 0.717) is 24.2 Å². The first-order valence-corrected chi connectivity index (χ1v) is 8.50. The fourth-order valence-electron chi connectivity index (χ4n) is 3.50. The van der Waals surface area contributed by atoms with Crippen molar-refractivity contribution in [3.8, 4) is 0 Å². The standard InChI is InChI=1S/C19H15ClN2O3/c20-14-8-3-1-6-12(14)18(24)22-15-9-4-2-7-13(15)17(23)21-11-5-10-16(21)19(22)25/h1-4,6-9,16H,5,10-11H2/t16-/m0/s1. The summed E-state index contributed by atoms with van der Waals surface area (Å²) >= 11 is 6.16. The Kier molecular flexibility index (Phi) is 3.81. The van der Waals surface area contributed by atoms with Gasteiger partial charge < -0.3 is 4.90 Å². The van der Waals surface area contributed by atoms with E-state index in [0.717, 1.165) is 11.3 Å². The molecule has 0 saturated carbocycles. The molecule has 4 rings (SSSR count). The molecule has 2 aromatic rings. The maximum absolute atomic E-state index is 13.1. The number of carbonyl (C=O) groups excluding carboxylic acids is 3. The van der Waals surface area contributed by atoms with E-state index in [1.165, 1.54) is 0 Å². The molecular formula is C19H15ClN2O3. The quantitative estimate of drug-likeness (QED) is 0.739. The highest BCUT2D eigenvalue weighted by Crippen LogP contribution is 2.34. The number of halogens is 1. The molecule has 2 aliphatic heterocycles. The van der Waals surface area contributed by atoms with Crippen LogP contribution in [0.15, 0.2) is 48.5 Å². The van der Waals surface area contributed by atoms with Gasteiger partial charge >= 0.3 is 0 Å². The molecule has 1 saturated heterocycles. The van der Waals surface area contributed by atoms with Crippen LogP contribution in [0.4, 0.5) is 5.69 Å². The summed E-state index contributed by atoms with van der Waals surface area (Å²) in [6.45, 7) is 0.525. The van der Waals surface area contributed by atoms with Gasteiger partial charge in [-0.15, -0.1) is 0 Å². The third-order valence-corrected chi connectivity index (χ3v) is 5.03. The summed E-state index contributed by atoms with van der Waals surface area (Å²) in [5.41, 5.74) is 0.920. The second-order valence-electron chi connectivity index (χ2n) is 6.13. The zero-order valence-electron chi connectivity index (χ0n) is 13.3. The number of para-hydroxylation sites is 1. The first-order chi connectivity index (χ1) is 12.1. The molecule has 2 aliphatic rings. The van der Waals surface area contributed by atoms with Crippen molar-refractivity contribution in [2.45, 2.75) is 18.9 Å². The molecule has 5 nitrogen and oxygen atoms in total. The van der Waals surface area contributed by atoms with E-state index in [9.17, 15) is 14.4 Å². The maximum atomic E-state index is 13.1. The summed E-state index contributed by atoms with van der Waals surface area (Å²) in [6.07, 6.45) is 1.31. The zero-order chi connectivity index (χ0) is 17.6. The molecular weight excluding hydrogens is 340 g/mol. The van der Waals surface area contributed by atoms with Crippen LogP contribution in [0.1, 0.15) is 33.6 Å². The number of anilines is 1. The zero-order valence-corrected chi connectivity index (χ0v) is 14.1. The molecule has 1 fully saturated rings. The minimum atomic E-state index is -0.605. The lowest BCUT2D eigenvalue weighted by atomic mass is 10.1. The van der Waals surface area contributed by atoms with Crippen LogP contribution in [0.5, 0.6) is 0 Å². The van der Waals surface area contributed by atoms with Crippen LogP contribution in [0.25, 0.3) is 0 Å². The van der Waals surface area contributed by atoms with Gasteiger partial charge in [0.15, 0.2) is 0 Å². The van der Waals surface area contributed by atoms with Gasteiger partial charge in [-0.2, -0.15) is 0 Å². The Morgan fingerprint density at radius 1 is 1.04 bits per heavy atom. The number of fused-ring (bicyclic) bond motifs is 2. The molecule has 126 valence electrons. The summed E-state index contributed by atoms with van der Waals surface area (Å²) in [6, 6.07) is 12.7. The average molecular weight is 355 g/mol. The van der Waals surface area contributed by atoms with Crippen LogP contribution in [0.3, 0.4) is 0 Å². The van der Waals surface area contributed by atoms with Crippen LogP contribution >= 0.6 is 11.6 Å². The second-order valence-corrected chi connectivity index (χ2v) is 6.54. The van der Waals surface area contributed by atoms with Gasteiger partial charge in [0.2, 0.25) is 0 Å². The van der Waals surface area contributed by atoms with Crippen molar-refractivity contribution < 1.29 is 14.4 Å². The minimum Gasteiger partial charge on any atom is -0.327 e. The van der Waals surface area contributed by atoms with Crippen molar-refractivity contribution >= 4 is 35.0 Å². The normalized spacial score (nSPS) is 19.5. The van der Waals surface area contributed by atoms with E-state index in [1.807, 2.05) is 0 Å². The van der Waals surface area contributed by atoms with E-state index < -0.39 is 11.9 Å². The Hall–Kier alpha value is -2.66. The lowest BCUT2D eigenvalue weighted by Crippen LogP contribution is -2.47. The van der Waals surface area contributed by atoms with Crippen molar-refractivity contribution in [3.05, 3.63) is 64.7 Å². The van der Waals surface area contributed by atoms with Gasteiger partial charge in [-0.1, -0.05) is 35.9 Å². The number of benzene rings is 2. The number of hydrogen-bond donors (Lipinski definition) is 0. The Labute approximate surface area is 149 Å². The largest absolute Gasteiger partial charge is 0.327 e. The molecule has 0 aromatic heterocycles. The molecule has 1 atom stereocenters. The SMILES string of the molecule is O=C(c1ccccc1Cl)N1C(=O)[C@@H]2CCCN2C(=O)c2ccccc21. The predicted octanol–water partition coefficient (Wildman–Crippen LogP) is 3.13. The summed E-state index contributed by atoms with van der Waals surface area (Å²) in [5, 5.41) is 0.275. The van der Waals surface area contributed by atoms with Gasteiger partial charge in [0.25, 0.3) is 17.7 Å². The van der Waals surface area contributed by atoms with Gasteiger partial charge in [-0.3, -0.25) is 14.4 Å². The first-order valence-electron chi connectivity index (χ1n) is 8.12. The molecule has 2 heterocycles. The number of rotatable bonds is 1. The van der Waals surface area contributed by atoms with Crippen molar-refractivity contribution in [3.63, 3.8) is 0 Å². The van der Waals surface area contributed by atoms with Crippen molar-refractivity contribution in [2.75, 3.05) is 11.4 Å². The Bertz CT molecular complexity index is 896. The average Bonchev–Trinajstić information content (AvgIpc) is 3.09. The predicted molar refractivity (Wildman–Crippen MR) is 93.8 cm³/mol. The highest BCUT2D eigenvalue weighted by Gasteiger charge is 2.44. The van der Waals surface area contributed by atoms with Gasteiger partial charge in [-0.25, -0.2) is 4.90 Å². The molecule has 0 bridgehead atoms. The van der Waals surface area contributed by atoms with Crippen molar-refractivity contribution in [2.24, 2.45) is 0 Å². The van der Waals surface area contributed by atoms with Crippen LogP contribution < -0.4 is 4.90 Å². The smallest absolute Gasteiger partial charge is 0.266 e. The third kappa shape index (κ3) is 2.43. The number of imide groups is 1. The molecule has 2 aromatic carbocycles. The van der Waals surface area contributed by atoms with Gasteiger partial charge in [0, 0.05) is 6.54 Å². The molecule has 0 radical (unpaired) electrons. The Morgan fingerprint density at radius 2 is 1.76 bits per heavy atom. The Morgan fingerprint density at radius 3 is 2.56 bits per heavy atom. The van der Waals surface area contributed by atoms with Gasteiger partial charge in [0.1, 0.15) is 6.04 Å². The van der Waals surface area contributed by atoms with Crippen LogP contribution in [0, 0.1) is 0 Å². The third-order valence-electron chi connectivity index (χ3n) is 4.70. The van der Waals surface area contributed by atoms with Crippen molar-refractivity contribution in [1.82, 2.24) is 4.90 Å². The van der Waals surface area contributed by atoms with E-state index in [1.54, 1.807) is 53.4 Å². The van der Waals surface area contributed by atoms with E-state index in [2.05, 4.69) is 0 Å². The molecule has 25 heavy (non-hydrogen) atoms.